The minimum atomic E-state index is 0.0139. The van der Waals surface area contributed by atoms with Crippen LogP contribution in [0.4, 0.5) is 11.6 Å². The van der Waals surface area contributed by atoms with Gasteiger partial charge in [-0.2, -0.15) is 0 Å². The van der Waals surface area contributed by atoms with Crippen LogP contribution in [0.15, 0.2) is 53.9 Å². The van der Waals surface area contributed by atoms with Crippen LogP contribution in [0.2, 0.25) is 0 Å². The molecule has 2 aromatic heterocycles. The van der Waals surface area contributed by atoms with Crippen molar-refractivity contribution >= 4 is 28.9 Å². The Balaban J connectivity index is 1.45. The van der Waals surface area contributed by atoms with E-state index in [0.29, 0.717) is 18.7 Å². The molecule has 0 saturated carbocycles. The van der Waals surface area contributed by atoms with Crippen LogP contribution in [0.25, 0.3) is 0 Å². The highest BCUT2D eigenvalue weighted by Crippen LogP contribution is 2.29. The molecular formula is C26H33N5O2S. The number of pyridine rings is 1. The zero-order chi connectivity index (χ0) is 23.9. The number of amides is 1. The lowest BCUT2D eigenvalue weighted by Gasteiger charge is -2.22. The maximum absolute atomic E-state index is 13.3. The van der Waals surface area contributed by atoms with Gasteiger partial charge >= 0.3 is 0 Å². The standard InChI is InChI=1S/C26H33N5O2S/c1-4-28-24-12-11-21-25(29-24)30(3)15-16-31(26(21)32)18-19-7-9-20(10-8-19)33-22(13-14-27-2)23-6-5-17-34-23/h5-12,17,22,27H,4,13-16,18H2,1-3H3,(H,28,29). The number of fused-ring (bicyclic) bond motifs is 1. The third-order valence-corrected chi connectivity index (χ3v) is 6.87. The average molecular weight is 480 g/mol. The van der Waals surface area contributed by atoms with Gasteiger partial charge in [0.05, 0.1) is 5.56 Å². The maximum atomic E-state index is 13.3. The maximum Gasteiger partial charge on any atom is 0.257 e. The Hall–Kier alpha value is -3.10. The first-order valence-corrected chi connectivity index (χ1v) is 12.7. The third kappa shape index (κ3) is 5.69. The molecule has 0 aliphatic carbocycles. The Morgan fingerprint density at radius 1 is 1.15 bits per heavy atom. The minimum Gasteiger partial charge on any atom is -0.485 e. The van der Waals surface area contributed by atoms with Crippen molar-refractivity contribution in [3.8, 4) is 5.75 Å². The van der Waals surface area contributed by atoms with Crippen LogP contribution < -0.4 is 20.3 Å². The van der Waals surface area contributed by atoms with E-state index < -0.39 is 0 Å². The second kappa shape index (κ2) is 11.4. The van der Waals surface area contributed by atoms with Crippen molar-refractivity contribution in [1.29, 1.82) is 0 Å². The molecule has 1 aliphatic rings. The number of ether oxygens (including phenoxy) is 1. The number of nitrogens with zero attached hydrogens (tertiary/aromatic N) is 3. The number of likely N-dealkylation sites (N-methyl/N-ethyl adjacent to an activating group) is 1. The van der Waals surface area contributed by atoms with Crippen LogP contribution in [-0.2, 0) is 6.54 Å². The fraction of sp³-hybridized carbons (Fsp3) is 0.385. The topological polar surface area (TPSA) is 69.7 Å². The molecule has 34 heavy (non-hydrogen) atoms. The zero-order valence-electron chi connectivity index (χ0n) is 20.1. The average Bonchev–Trinajstić information content (AvgIpc) is 3.36. The summed E-state index contributed by atoms with van der Waals surface area (Å²) in [4.78, 5) is 23.2. The molecule has 0 spiro atoms. The fourth-order valence-corrected chi connectivity index (χ4v) is 4.84. The van der Waals surface area contributed by atoms with Crippen LogP contribution >= 0.6 is 11.3 Å². The normalized spacial score (nSPS) is 14.5. The Kier molecular flexibility index (Phi) is 8.03. The summed E-state index contributed by atoms with van der Waals surface area (Å²) in [6, 6.07) is 16.0. The molecule has 2 N–H and O–H groups in total. The summed E-state index contributed by atoms with van der Waals surface area (Å²) in [5.41, 5.74) is 1.72. The van der Waals surface area contributed by atoms with Gasteiger partial charge in [-0.15, -0.1) is 11.3 Å². The number of rotatable bonds is 10. The number of aromatic nitrogens is 1. The molecule has 0 bridgehead atoms. The Labute approximate surface area is 205 Å². The zero-order valence-corrected chi connectivity index (χ0v) is 20.9. The molecule has 0 fully saturated rings. The highest BCUT2D eigenvalue weighted by Gasteiger charge is 2.26. The van der Waals surface area contributed by atoms with Gasteiger partial charge < -0.3 is 25.2 Å². The number of hydrogen-bond acceptors (Lipinski definition) is 7. The van der Waals surface area contributed by atoms with Crippen LogP contribution in [0.5, 0.6) is 5.75 Å². The lowest BCUT2D eigenvalue weighted by atomic mass is 10.1. The molecule has 1 amide bonds. The quantitative estimate of drug-likeness (QED) is 0.449. The first-order chi connectivity index (χ1) is 16.6. The highest BCUT2D eigenvalue weighted by atomic mass is 32.1. The van der Waals surface area contributed by atoms with Crippen molar-refractivity contribution < 1.29 is 9.53 Å². The van der Waals surface area contributed by atoms with Gasteiger partial charge in [0.2, 0.25) is 0 Å². The smallest absolute Gasteiger partial charge is 0.257 e. The molecule has 8 heteroatoms. The number of anilines is 2. The van der Waals surface area contributed by atoms with Gasteiger partial charge in [-0.05, 0) is 61.8 Å². The molecule has 7 nitrogen and oxygen atoms in total. The Morgan fingerprint density at radius 3 is 2.68 bits per heavy atom. The van der Waals surface area contributed by atoms with Crippen molar-refractivity contribution in [3.63, 3.8) is 0 Å². The van der Waals surface area contributed by atoms with Gasteiger partial charge in [-0.3, -0.25) is 4.79 Å². The van der Waals surface area contributed by atoms with Gasteiger partial charge in [0, 0.05) is 44.5 Å². The van der Waals surface area contributed by atoms with E-state index in [-0.39, 0.29) is 12.0 Å². The van der Waals surface area contributed by atoms with Gasteiger partial charge in [-0.1, -0.05) is 18.2 Å². The van der Waals surface area contributed by atoms with Crippen LogP contribution in [0, 0.1) is 0 Å². The minimum absolute atomic E-state index is 0.0139. The van der Waals surface area contributed by atoms with Crippen molar-refractivity contribution in [1.82, 2.24) is 15.2 Å². The second-order valence-electron chi connectivity index (χ2n) is 8.40. The number of nitrogens with one attached hydrogen (secondary N) is 2. The largest absolute Gasteiger partial charge is 0.485 e. The van der Waals surface area contributed by atoms with E-state index in [1.54, 1.807) is 11.3 Å². The first kappa shape index (κ1) is 24.0. The summed E-state index contributed by atoms with van der Waals surface area (Å²) in [5.74, 6) is 2.38. The van der Waals surface area contributed by atoms with Crippen molar-refractivity contribution in [2.45, 2.75) is 26.0 Å². The lowest BCUT2D eigenvalue weighted by Crippen LogP contribution is -2.33. The molecule has 3 aromatic rings. The molecule has 180 valence electrons. The molecule has 1 aromatic carbocycles. The van der Waals surface area contributed by atoms with E-state index in [1.807, 2.05) is 62.3 Å². The highest BCUT2D eigenvalue weighted by molar-refractivity contribution is 7.10. The predicted molar refractivity (Wildman–Crippen MR) is 139 cm³/mol. The van der Waals surface area contributed by atoms with Crippen LogP contribution in [0.3, 0.4) is 0 Å². The molecule has 4 rings (SSSR count). The van der Waals surface area contributed by atoms with Gasteiger partial charge in [0.15, 0.2) is 0 Å². The van der Waals surface area contributed by atoms with E-state index in [4.69, 9.17) is 4.74 Å². The molecule has 3 heterocycles. The summed E-state index contributed by atoms with van der Waals surface area (Å²) in [6.07, 6.45) is 0.925. The SMILES string of the molecule is CCNc1ccc2c(n1)N(C)CCN(Cc1ccc(OC(CCNC)c3cccs3)cc1)C2=O. The van der Waals surface area contributed by atoms with E-state index in [9.17, 15) is 4.79 Å². The summed E-state index contributed by atoms with van der Waals surface area (Å²) in [6.45, 7) is 5.64. The summed E-state index contributed by atoms with van der Waals surface area (Å²) in [7, 11) is 3.94. The summed E-state index contributed by atoms with van der Waals surface area (Å²) in [5, 5.41) is 8.51. The molecular weight excluding hydrogens is 446 g/mol. The van der Waals surface area contributed by atoms with E-state index in [0.717, 1.165) is 49.0 Å². The lowest BCUT2D eigenvalue weighted by molar-refractivity contribution is 0.0754. The Morgan fingerprint density at radius 2 is 1.97 bits per heavy atom. The van der Waals surface area contributed by atoms with Crippen LogP contribution in [-0.4, -0.2) is 56.1 Å². The first-order valence-electron chi connectivity index (χ1n) is 11.8. The van der Waals surface area contributed by atoms with E-state index in [1.165, 1.54) is 4.88 Å². The number of carbonyl (C=O) groups is 1. The monoisotopic (exact) mass is 479 g/mol. The summed E-state index contributed by atoms with van der Waals surface area (Å²) >= 11 is 1.72. The summed E-state index contributed by atoms with van der Waals surface area (Å²) < 4.78 is 6.31. The Bertz CT molecular complexity index is 1070. The van der Waals surface area contributed by atoms with E-state index in [2.05, 4.69) is 38.0 Å². The van der Waals surface area contributed by atoms with Gasteiger partial charge in [0.25, 0.3) is 5.91 Å². The third-order valence-electron chi connectivity index (χ3n) is 5.91. The molecule has 1 atom stereocenters. The van der Waals surface area contributed by atoms with E-state index >= 15 is 0 Å². The van der Waals surface area contributed by atoms with Crippen molar-refractivity contribution in [2.75, 3.05) is 50.5 Å². The fourth-order valence-electron chi connectivity index (χ4n) is 4.05. The van der Waals surface area contributed by atoms with Gasteiger partial charge in [0.1, 0.15) is 23.5 Å². The second-order valence-corrected chi connectivity index (χ2v) is 9.38. The molecule has 0 radical (unpaired) electrons. The van der Waals surface area contributed by atoms with Crippen LogP contribution in [0.1, 0.15) is 40.2 Å². The number of thiophene rings is 1. The molecule has 1 aliphatic heterocycles. The van der Waals surface area contributed by atoms with Gasteiger partial charge in [-0.25, -0.2) is 4.98 Å². The predicted octanol–water partition coefficient (Wildman–Crippen LogP) is 4.40. The molecule has 1 unspecified atom stereocenters. The van der Waals surface area contributed by atoms with Crippen molar-refractivity contribution in [2.24, 2.45) is 0 Å². The molecule has 0 saturated heterocycles. The number of carbonyl (C=O) groups excluding carboxylic acids is 1. The number of hydrogen-bond donors (Lipinski definition) is 2. The van der Waals surface area contributed by atoms with Crippen molar-refractivity contribution in [3.05, 3.63) is 69.9 Å². The number of benzene rings is 1.